The molecule has 0 spiro atoms. The van der Waals surface area contributed by atoms with Crippen LogP contribution >= 0.6 is 0 Å². The Labute approximate surface area is 134 Å². The minimum atomic E-state index is -1.87. The highest BCUT2D eigenvalue weighted by atomic mass is 28.4. The van der Waals surface area contributed by atoms with Crippen LogP contribution < -0.4 is 4.43 Å². The zero-order valence-electron chi connectivity index (χ0n) is 14.6. The molecule has 0 aliphatic carbocycles. The highest BCUT2D eigenvalue weighted by Gasteiger charge is 2.39. The largest absolute Gasteiger partial charge is 0.544 e. The number of carbonyl (C=O) groups is 1. The van der Waals surface area contributed by atoms with Gasteiger partial charge in [0.1, 0.15) is 5.75 Å². The number of aliphatic hydroxyl groups excluding tert-OH is 1. The third-order valence-electron chi connectivity index (χ3n) is 4.45. The van der Waals surface area contributed by atoms with Crippen molar-refractivity contribution in [2.24, 2.45) is 5.92 Å². The molecular weight excluding hydrogens is 296 g/mol. The standard InChI is InChI=1S/C17H28O4Si/c1-12(16(19)20-5)15(18)13-8-10-14(11-9-13)21-22(6,7)17(2,3)4/h8-12,15,18H,1-7H3/t12-,15-/m0/s1. The number of methoxy groups -OCH3 is 1. The highest BCUT2D eigenvalue weighted by Crippen LogP contribution is 2.37. The SMILES string of the molecule is COC(=O)[C@@H](C)[C@H](O)c1ccc(O[Si](C)(C)C(C)(C)C)cc1. The van der Waals surface area contributed by atoms with Gasteiger partial charge in [-0.1, -0.05) is 32.9 Å². The topological polar surface area (TPSA) is 55.8 Å². The number of hydrogen-bond acceptors (Lipinski definition) is 4. The van der Waals surface area contributed by atoms with Gasteiger partial charge in [0.05, 0.1) is 19.1 Å². The second kappa shape index (κ2) is 6.83. The molecule has 2 atom stereocenters. The summed E-state index contributed by atoms with van der Waals surface area (Å²) in [5.41, 5.74) is 0.681. The maximum absolute atomic E-state index is 11.5. The molecule has 5 heteroatoms. The van der Waals surface area contributed by atoms with E-state index in [1.54, 1.807) is 19.1 Å². The molecule has 0 aliphatic heterocycles. The van der Waals surface area contributed by atoms with Crippen LogP contribution in [-0.2, 0) is 9.53 Å². The summed E-state index contributed by atoms with van der Waals surface area (Å²) in [7, 11) is -0.551. The zero-order chi connectivity index (χ0) is 17.1. The van der Waals surface area contributed by atoms with Crippen molar-refractivity contribution in [1.82, 2.24) is 0 Å². The normalized spacial score (nSPS) is 15.1. The van der Waals surface area contributed by atoms with Crippen molar-refractivity contribution in [3.05, 3.63) is 29.8 Å². The second-order valence-corrected chi connectivity index (χ2v) is 11.9. The smallest absolute Gasteiger partial charge is 0.311 e. The van der Waals surface area contributed by atoms with Gasteiger partial charge in [-0.25, -0.2) is 0 Å². The van der Waals surface area contributed by atoms with E-state index in [-0.39, 0.29) is 5.04 Å². The van der Waals surface area contributed by atoms with Crippen LogP contribution in [0.3, 0.4) is 0 Å². The van der Waals surface area contributed by atoms with Crippen LogP contribution in [0.4, 0.5) is 0 Å². The molecule has 0 saturated carbocycles. The first-order valence-electron chi connectivity index (χ1n) is 7.54. The molecule has 0 fully saturated rings. The first-order chi connectivity index (χ1) is 9.99. The molecule has 0 bridgehead atoms. The summed E-state index contributed by atoms with van der Waals surface area (Å²) < 4.78 is 10.9. The third-order valence-corrected chi connectivity index (χ3v) is 8.81. The first kappa shape index (κ1) is 18.7. The monoisotopic (exact) mass is 324 g/mol. The van der Waals surface area contributed by atoms with Crippen molar-refractivity contribution in [2.45, 2.75) is 51.9 Å². The summed E-state index contributed by atoms with van der Waals surface area (Å²) >= 11 is 0. The molecule has 22 heavy (non-hydrogen) atoms. The van der Waals surface area contributed by atoms with Gasteiger partial charge in [-0.15, -0.1) is 0 Å². The maximum Gasteiger partial charge on any atom is 0.311 e. The van der Waals surface area contributed by atoms with Crippen LogP contribution in [-0.4, -0.2) is 26.5 Å². The lowest BCUT2D eigenvalue weighted by molar-refractivity contribution is -0.148. The van der Waals surface area contributed by atoms with Crippen LogP contribution in [0.2, 0.25) is 18.1 Å². The molecule has 1 aromatic carbocycles. The molecule has 0 heterocycles. The number of esters is 1. The van der Waals surface area contributed by atoms with Crippen molar-refractivity contribution in [2.75, 3.05) is 7.11 Å². The van der Waals surface area contributed by atoms with Gasteiger partial charge in [-0.2, -0.15) is 0 Å². The number of aliphatic hydroxyl groups is 1. The minimum absolute atomic E-state index is 0.130. The van der Waals surface area contributed by atoms with Crippen LogP contribution in [0.25, 0.3) is 0 Å². The van der Waals surface area contributed by atoms with E-state index >= 15 is 0 Å². The first-order valence-corrected chi connectivity index (χ1v) is 10.5. The minimum Gasteiger partial charge on any atom is -0.544 e. The lowest BCUT2D eigenvalue weighted by Crippen LogP contribution is -2.43. The van der Waals surface area contributed by atoms with Crippen LogP contribution in [0.5, 0.6) is 5.75 Å². The Kier molecular flexibility index (Phi) is 5.81. The van der Waals surface area contributed by atoms with Gasteiger partial charge in [0.2, 0.25) is 8.32 Å². The molecule has 0 radical (unpaired) electrons. The highest BCUT2D eigenvalue weighted by molar-refractivity contribution is 6.74. The number of carbonyl (C=O) groups excluding carboxylic acids is 1. The summed E-state index contributed by atoms with van der Waals surface area (Å²) in [6.45, 7) is 12.6. The van der Waals surface area contributed by atoms with Crippen molar-refractivity contribution < 1.29 is 19.1 Å². The third kappa shape index (κ3) is 4.33. The van der Waals surface area contributed by atoms with Gasteiger partial charge in [0, 0.05) is 0 Å². The summed E-state index contributed by atoms with van der Waals surface area (Å²) in [4.78, 5) is 11.5. The number of hydrogen-bond donors (Lipinski definition) is 1. The van der Waals surface area contributed by atoms with Crippen LogP contribution in [0.1, 0.15) is 39.4 Å². The van der Waals surface area contributed by atoms with Crippen LogP contribution in [0.15, 0.2) is 24.3 Å². The Morgan fingerprint density at radius 3 is 2.09 bits per heavy atom. The molecule has 0 unspecified atom stereocenters. The number of rotatable bonds is 5. The Morgan fingerprint density at radius 2 is 1.68 bits per heavy atom. The molecule has 4 nitrogen and oxygen atoms in total. The van der Waals surface area contributed by atoms with Gasteiger partial charge in [-0.3, -0.25) is 4.79 Å². The fraction of sp³-hybridized carbons (Fsp3) is 0.588. The average molecular weight is 324 g/mol. The Bertz CT molecular complexity index is 502. The summed E-state index contributed by atoms with van der Waals surface area (Å²) in [5.74, 6) is -0.223. The van der Waals surface area contributed by atoms with E-state index in [0.29, 0.717) is 5.56 Å². The molecule has 0 aliphatic rings. The van der Waals surface area contributed by atoms with E-state index < -0.39 is 26.3 Å². The zero-order valence-corrected chi connectivity index (χ0v) is 15.6. The molecule has 1 rings (SSSR count). The van der Waals surface area contributed by atoms with Crippen molar-refractivity contribution in [3.8, 4) is 5.75 Å². The van der Waals surface area contributed by atoms with Crippen molar-refractivity contribution in [1.29, 1.82) is 0 Å². The van der Waals surface area contributed by atoms with Gasteiger partial charge >= 0.3 is 5.97 Å². The number of ether oxygens (including phenoxy) is 1. The molecular formula is C17H28O4Si. The number of benzene rings is 1. The fourth-order valence-electron chi connectivity index (χ4n) is 1.78. The predicted octanol–water partition coefficient (Wildman–Crippen LogP) is 3.91. The molecule has 124 valence electrons. The van der Waals surface area contributed by atoms with Crippen LogP contribution in [0, 0.1) is 5.92 Å². The second-order valence-electron chi connectivity index (χ2n) is 7.19. The average Bonchev–Trinajstić information content (AvgIpc) is 2.44. The van der Waals surface area contributed by atoms with E-state index in [0.717, 1.165) is 5.75 Å². The molecule has 0 saturated heterocycles. The van der Waals surface area contributed by atoms with Crippen molar-refractivity contribution in [3.63, 3.8) is 0 Å². The molecule has 0 aromatic heterocycles. The summed E-state index contributed by atoms with van der Waals surface area (Å²) in [5, 5.41) is 10.3. The molecule has 0 amide bonds. The molecule has 1 aromatic rings. The van der Waals surface area contributed by atoms with E-state index in [1.165, 1.54) is 7.11 Å². The maximum atomic E-state index is 11.5. The van der Waals surface area contributed by atoms with Crippen molar-refractivity contribution >= 4 is 14.3 Å². The molecule has 1 N–H and O–H groups in total. The lowest BCUT2D eigenvalue weighted by atomic mass is 9.97. The van der Waals surface area contributed by atoms with E-state index in [2.05, 4.69) is 38.6 Å². The van der Waals surface area contributed by atoms with Gasteiger partial charge in [0.25, 0.3) is 0 Å². The lowest BCUT2D eigenvalue weighted by Gasteiger charge is -2.36. The predicted molar refractivity (Wildman–Crippen MR) is 90.4 cm³/mol. The quantitative estimate of drug-likeness (QED) is 0.659. The van der Waals surface area contributed by atoms with Gasteiger partial charge < -0.3 is 14.3 Å². The van der Waals surface area contributed by atoms with E-state index in [9.17, 15) is 9.90 Å². The Balaban J connectivity index is 2.85. The Morgan fingerprint density at radius 1 is 1.18 bits per heavy atom. The van der Waals surface area contributed by atoms with Gasteiger partial charge in [0.15, 0.2) is 0 Å². The summed E-state index contributed by atoms with van der Waals surface area (Å²) in [6.07, 6.45) is -0.880. The van der Waals surface area contributed by atoms with E-state index in [1.807, 2.05) is 12.1 Å². The Hall–Kier alpha value is -1.33. The van der Waals surface area contributed by atoms with E-state index in [4.69, 9.17) is 4.43 Å². The fourth-order valence-corrected chi connectivity index (χ4v) is 2.82. The summed E-state index contributed by atoms with van der Waals surface area (Å²) in [6, 6.07) is 7.30. The van der Waals surface area contributed by atoms with Gasteiger partial charge in [-0.05, 0) is 42.8 Å².